The number of carbonyl (C=O) groups excluding carboxylic acids is 1. The summed E-state index contributed by atoms with van der Waals surface area (Å²) in [5.41, 5.74) is 8.07. The highest BCUT2D eigenvalue weighted by molar-refractivity contribution is 6.69. The van der Waals surface area contributed by atoms with E-state index < -0.39 is 13.9 Å². The first-order chi connectivity index (χ1) is 7.58. The predicted octanol–water partition coefficient (Wildman–Crippen LogP) is 3.66. The molecule has 0 aromatic rings. The maximum absolute atomic E-state index is 11.0. The van der Waals surface area contributed by atoms with Crippen molar-refractivity contribution >= 4 is 14.1 Å². The van der Waals surface area contributed by atoms with E-state index in [-0.39, 0.29) is 11.8 Å². The normalized spacial score (nSPS) is 14.0. The molecule has 0 aliphatic carbocycles. The molecule has 1 unspecified atom stereocenters. The van der Waals surface area contributed by atoms with E-state index in [1.165, 1.54) is 0 Å². The molecule has 1 atom stereocenters. The molecular formula is C11H23N3O2Si. The zero-order valence-electron chi connectivity index (χ0n) is 11.6. The average Bonchev–Trinajstić information content (AvgIpc) is 2.07. The Bertz CT molecular complexity index is 317. The third-order valence-electron chi connectivity index (χ3n) is 2.33. The maximum atomic E-state index is 11.0. The highest BCUT2D eigenvalue weighted by Gasteiger charge is 2.34. The van der Waals surface area contributed by atoms with Crippen molar-refractivity contribution in [2.75, 3.05) is 0 Å². The summed E-state index contributed by atoms with van der Waals surface area (Å²) >= 11 is 0. The minimum Gasteiger partial charge on any atom is -0.412 e. The lowest BCUT2D eigenvalue weighted by Gasteiger charge is -2.37. The van der Waals surface area contributed by atoms with Gasteiger partial charge in [-0.2, -0.15) is 0 Å². The van der Waals surface area contributed by atoms with Gasteiger partial charge in [0.1, 0.15) is 5.78 Å². The van der Waals surface area contributed by atoms with Crippen LogP contribution in [-0.4, -0.2) is 25.7 Å². The van der Waals surface area contributed by atoms with Crippen LogP contribution < -0.4 is 0 Å². The van der Waals surface area contributed by atoms with E-state index in [2.05, 4.69) is 29.7 Å². The van der Waals surface area contributed by atoms with E-state index in [0.717, 1.165) is 0 Å². The van der Waals surface area contributed by atoms with Crippen molar-refractivity contribution < 1.29 is 9.22 Å². The first-order valence-corrected chi connectivity index (χ1v) is 9.23. The quantitative estimate of drug-likeness (QED) is 0.302. The largest absolute Gasteiger partial charge is 0.412 e. The number of nitrogens with zero attached hydrogens (tertiary/aromatic N) is 3. The van der Waals surface area contributed by atoms with Crippen LogP contribution in [0, 0.1) is 0 Å². The van der Waals surface area contributed by atoms with Crippen LogP contribution in [0.15, 0.2) is 5.11 Å². The summed E-state index contributed by atoms with van der Waals surface area (Å²) in [5, 5.41) is 3.78. The van der Waals surface area contributed by atoms with E-state index in [4.69, 9.17) is 9.96 Å². The van der Waals surface area contributed by atoms with Gasteiger partial charge in [-0.25, -0.2) is 0 Å². The number of ketones is 1. The van der Waals surface area contributed by atoms with Crippen LogP contribution in [0.2, 0.25) is 19.6 Å². The molecule has 98 valence electrons. The van der Waals surface area contributed by atoms with Crippen molar-refractivity contribution in [3.63, 3.8) is 0 Å². The average molecular weight is 257 g/mol. The lowest BCUT2D eigenvalue weighted by Crippen LogP contribution is -2.45. The van der Waals surface area contributed by atoms with Gasteiger partial charge in [0.25, 0.3) is 0 Å². The molecule has 0 aromatic carbocycles. The molecule has 0 bridgehead atoms. The summed E-state index contributed by atoms with van der Waals surface area (Å²) in [6, 6.07) is -0.303. The molecule has 0 spiro atoms. The number of carbonyl (C=O) groups is 1. The molecule has 0 aliphatic heterocycles. The highest BCUT2D eigenvalue weighted by atomic mass is 28.4. The second-order valence-corrected chi connectivity index (χ2v) is 10.2. The van der Waals surface area contributed by atoms with Crippen LogP contribution in [0.4, 0.5) is 0 Å². The van der Waals surface area contributed by atoms with Gasteiger partial charge < -0.3 is 9.22 Å². The second-order valence-electron chi connectivity index (χ2n) is 5.78. The topological polar surface area (TPSA) is 75.1 Å². The first-order valence-electron chi connectivity index (χ1n) is 5.82. The van der Waals surface area contributed by atoms with Crippen molar-refractivity contribution in [1.29, 1.82) is 0 Å². The fraction of sp³-hybridized carbons (Fsp3) is 0.909. The van der Waals surface area contributed by atoms with Crippen molar-refractivity contribution in [2.45, 2.75) is 64.9 Å². The molecule has 5 nitrogen and oxygen atoms in total. The zero-order chi connectivity index (χ0) is 13.7. The Morgan fingerprint density at radius 3 is 2.35 bits per heavy atom. The fourth-order valence-corrected chi connectivity index (χ4v) is 3.52. The summed E-state index contributed by atoms with van der Waals surface area (Å²) in [6.45, 7) is 11.7. The van der Waals surface area contributed by atoms with Gasteiger partial charge in [-0.1, -0.05) is 5.11 Å². The zero-order valence-corrected chi connectivity index (χ0v) is 12.6. The monoisotopic (exact) mass is 257 g/mol. The number of rotatable bonds is 7. The Hall–Kier alpha value is -0.843. The van der Waals surface area contributed by atoms with Crippen LogP contribution in [0.25, 0.3) is 10.4 Å². The highest BCUT2D eigenvalue weighted by Crippen LogP contribution is 2.26. The summed E-state index contributed by atoms with van der Waals surface area (Å²) in [6.07, 6.45) is 0.957. The number of azide groups is 1. The third-order valence-corrected chi connectivity index (χ3v) is 3.47. The third kappa shape index (κ3) is 7.15. The molecular weight excluding hydrogens is 234 g/mol. The van der Waals surface area contributed by atoms with Gasteiger partial charge in [0, 0.05) is 11.3 Å². The molecule has 6 heteroatoms. The van der Waals surface area contributed by atoms with Gasteiger partial charge >= 0.3 is 0 Å². The van der Waals surface area contributed by atoms with Crippen molar-refractivity contribution in [3.05, 3.63) is 10.4 Å². The van der Waals surface area contributed by atoms with Gasteiger partial charge in [-0.15, -0.1) is 0 Å². The van der Waals surface area contributed by atoms with E-state index in [9.17, 15) is 4.79 Å². The van der Waals surface area contributed by atoms with E-state index in [1.54, 1.807) is 6.92 Å². The summed E-state index contributed by atoms with van der Waals surface area (Å²) in [7, 11) is -1.71. The Balaban J connectivity index is 4.77. The Morgan fingerprint density at radius 2 is 2.00 bits per heavy atom. The van der Waals surface area contributed by atoms with Gasteiger partial charge in [0.15, 0.2) is 8.32 Å². The van der Waals surface area contributed by atoms with Gasteiger partial charge in [0.2, 0.25) is 0 Å². The summed E-state index contributed by atoms with van der Waals surface area (Å²) in [4.78, 5) is 13.9. The smallest absolute Gasteiger partial charge is 0.184 e. The Kier molecular flexibility index (Phi) is 5.88. The lowest BCUT2D eigenvalue weighted by molar-refractivity contribution is -0.117. The fourth-order valence-electron chi connectivity index (χ4n) is 1.80. The molecule has 0 fully saturated rings. The molecule has 0 saturated carbocycles. The van der Waals surface area contributed by atoms with E-state index >= 15 is 0 Å². The number of Topliss-reactive ketones (excluding diaryl/α,β-unsaturated/α-hetero) is 1. The summed E-state index contributed by atoms with van der Waals surface area (Å²) in [5.74, 6) is 0.104. The first kappa shape index (κ1) is 16.2. The SMILES string of the molecule is CC(=O)CCC(N=[N+]=[N-])C(C)(C)O[Si](C)(C)C. The molecule has 0 N–H and O–H groups in total. The number of hydrogen-bond acceptors (Lipinski definition) is 3. The van der Waals surface area contributed by atoms with Crippen LogP contribution in [0.1, 0.15) is 33.6 Å². The van der Waals surface area contributed by atoms with Crippen molar-refractivity contribution in [2.24, 2.45) is 5.11 Å². The minimum absolute atomic E-state index is 0.104. The minimum atomic E-state index is -1.71. The molecule has 0 aromatic heterocycles. The number of hydrogen-bond donors (Lipinski definition) is 0. The van der Waals surface area contributed by atoms with Gasteiger partial charge in [-0.3, -0.25) is 0 Å². The van der Waals surface area contributed by atoms with Crippen LogP contribution in [0.3, 0.4) is 0 Å². The molecule has 0 heterocycles. The molecule has 0 saturated heterocycles. The van der Waals surface area contributed by atoms with Crippen LogP contribution in [-0.2, 0) is 9.22 Å². The maximum Gasteiger partial charge on any atom is 0.184 e. The lowest BCUT2D eigenvalue weighted by atomic mass is 9.95. The van der Waals surface area contributed by atoms with Gasteiger partial charge in [0.05, 0.1) is 11.6 Å². The van der Waals surface area contributed by atoms with Crippen molar-refractivity contribution in [1.82, 2.24) is 0 Å². The standard InChI is InChI=1S/C11H23N3O2Si/c1-9(15)7-8-10(13-14-12)11(2,3)16-17(4,5)6/h10H,7-8H2,1-6H3. The molecule has 0 amide bonds. The molecule has 0 radical (unpaired) electrons. The van der Waals surface area contributed by atoms with Crippen LogP contribution in [0.5, 0.6) is 0 Å². The Labute approximate surface area is 104 Å². The molecule has 17 heavy (non-hydrogen) atoms. The second kappa shape index (κ2) is 6.19. The van der Waals surface area contributed by atoms with Gasteiger partial charge in [-0.05, 0) is 52.4 Å². The van der Waals surface area contributed by atoms with E-state index in [1.807, 2.05) is 13.8 Å². The van der Waals surface area contributed by atoms with Crippen LogP contribution >= 0.6 is 0 Å². The molecule has 0 aliphatic rings. The van der Waals surface area contributed by atoms with Crippen molar-refractivity contribution in [3.8, 4) is 0 Å². The molecule has 0 rings (SSSR count). The van der Waals surface area contributed by atoms with E-state index in [0.29, 0.717) is 12.8 Å². The Morgan fingerprint density at radius 1 is 1.47 bits per heavy atom. The summed E-state index contributed by atoms with van der Waals surface area (Å²) < 4.78 is 6.03. The predicted molar refractivity (Wildman–Crippen MR) is 71.4 cm³/mol.